The van der Waals surface area contributed by atoms with Crippen molar-refractivity contribution < 1.29 is 0 Å². The fraction of sp³-hybridized carbons (Fsp3) is 0.625. The molecular weight excluding hydrogens is 203 g/mol. The van der Waals surface area contributed by atoms with E-state index in [9.17, 15) is 0 Å². The molecule has 0 aromatic heterocycles. The number of rotatable bonds is 4. The molecule has 1 aliphatic rings. The summed E-state index contributed by atoms with van der Waals surface area (Å²) in [5, 5.41) is 0. The van der Waals surface area contributed by atoms with Crippen LogP contribution in [0.25, 0.3) is 0 Å². The SMILES string of the molecule is C=C(/C(C)=C\C(C)=C/C)C1CCBC(CC)C1. The predicted molar refractivity (Wildman–Crippen MR) is 81.0 cm³/mol. The first-order valence-electron chi connectivity index (χ1n) is 7.08. The van der Waals surface area contributed by atoms with Crippen LogP contribution in [0.5, 0.6) is 0 Å². The lowest BCUT2D eigenvalue weighted by molar-refractivity contribution is 0.491. The lowest BCUT2D eigenvalue weighted by Crippen LogP contribution is -2.18. The molecule has 0 aromatic carbocycles. The van der Waals surface area contributed by atoms with Crippen molar-refractivity contribution in [2.75, 3.05) is 0 Å². The van der Waals surface area contributed by atoms with Gasteiger partial charge in [0.25, 0.3) is 0 Å². The van der Waals surface area contributed by atoms with Gasteiger partial charge in [-0.2, -0.15) is 0 Å². The summed E-state index contributed by atoms with van der Waals surface area (Å²) >= 11 is 0. The van der Waals surface area contributed by atoms with E-state index < -0.39 is 0 Å². The monoisotopic (exact) mass is 230 g/mol. The predicted octanol–water partition coefficient (Wildman–Crippen LogP) is 4.92. The molecule has 1 aliphatic heterocycles. The zero-order valence-electron chi connectivity index (χ0n) is 12.1. The topological polar surface area (TPSA) is 0 Å². The Labute approximate surface area is 108 Å². The van der Waals surface area contributed by atoms with E-state index >= 15 is 0 Å². The van der Waals surface area contributed by atoms with Crippen LogP contribution in [0.4, 0.5) is 0 Å². The van der Waals surface area contributed by atoms with Crippen molar-refractivity contribution in [3.8, 4) is 0 Å². The van der Waals surface area contributed by atoms with Crippen LogP contribution in [0.3, 0.4) is 0 Å². The van der Waals surface area contributed by atoms with Gasteiger partial charge in [0.15, 0.2) is 0 Å². The minimum absolute atomic E-state index is 0.731. The fourth-order valence-corrected chi connectivity index (χ4v) is 2.82. The van der Waals surface area contributed by atoms with Gasteiger partial charge in [0.05, 0.1) is 0 Å². The van der Waals surface area contributed by atoms with Crippen LogP contribution in [0.1, 0.15) is 47.0 Å². The van der Waals surface area contributed by atoms with Crippen LogP contribution in [0.2, 0.25) is 12.1 Å². The van der Waals surface area contributed by atoms with Crippen molar-refractivity contribution in [1.29, 1.82) is 0 Å². The highest BCUT2D eigenvalue weighted by molar-refractivity contribution is 6.37. The third-order valence-corrected chi connectivity index (χ3v) is 4.26. The molecule has 1 heterocycles. The Kier molecular flexibility index (Phi) is 5.81. The fourth-order valence-electron chi connectivity index (χ4n) is 2.82. The molecule has 17 heavy (non-hydrogen) atoms. The Morgan fingerprint density at radius 2 is 2.12 bits per heavy atom. The summed E-state index contributed by atoms with van der Waals surface area (Å²) in [6.45, 7) is 13.1. The van der Waals surface area contributed by atoms with Crippen molar-refractivity contribution in [1.82, 2.24) is 0 Å². The standard InChI is InChI=1S/C16H27B/c1-6-12(3)10-13(4)14(5)15-8-9-17-16(7-2)11-15/h6,10,15-17H,5,7-9,11H2,1-4H3/b12-6-,13-10-. The maximum atomic E-state index is 4.34. The van der Waals surface area contributed by atoms with Crippen molar-refractivity contribution >= 4 is 7.28 Å². The summed E-state index contributed by atoms with van der Waals surface area (Å²) in [5.41, 5.74) is 4.10. The molecule has 1 saturated heterocycles. The van der Waals surface area contributed by atoms with E-state index in [2.05, 4.69) is 46.4 Å². The van der Waals surface area contributed by atoms with Gasteiger partial charge in [-0.05, 0) is 37.8 Å². The highest BCUT2D eigenvalue weighted by Gasteiger charge is 2.23. The minimum Gasteiger partial charge on any atom is -0.0953 e. The number of hydrogen-bond donors (Lipinski definition) is 0. The molecule has 1 heteroatoms. The summed E-state index contributed by atoms with van der Waals surface area (Å²) in [4.78, 5) is 0. The smallest absolute Gasteiger partial charge is 0.0953 e. The van der Waals surface area contributed by atoms with Gasteiger partial charge in [0.2, 0.25) is 0 Å². The largest absolute Gasteiger partial charge is 0.124 e. The van der Waals surface area contributed by atoms with Gasteiger partial charge >= 0.3 is 0 Å². The molecule has 0 radical (unpaired) electrons. The molecule has 2 unspecified atom stereocenters. The maximum Gasteiger partial charge on any atom is 0.124 e. The van der Waals surface area contributed by atoms with E-state index in [-0.39, 0.29) is 0 Å². The van der Waals surface area contributed by atoms with E-state index in [4.69, 9.17) is 0 Å². The van der Waals surface area contributed by atoms with Crippen LogP contribution in [-0.4, -0.2) is 7.28 Å². The highest BCUT2D eigenvalue weighted by Crippen LogP contribution is 2.36. The van der Waals surface area contributed by atoms with Crippen molar-refractivity contribution in [3.05, 3.63) is 35.5 Å². The minimum atomic E-state index is 0.731. The Hall–Kier alpha value is -0.715. The van der Waals surface area contributed by atoms with Gasteiger partial charge in [0.1, 0.15) is 7.28 Å². The number of allylic oxidation sites excluding steroid dienone is 5. The van der Waals surface area contributed by atoms with Gasteiger partial charge in [-0.15, -0.1) is 0 Å². The molecule has 0 aliphatic carbocycles. The molecule has 0 bridgehead atoms. The summed E-state index contributed by atoms with van der Waals surface area (Å²) in [5.74, 6) is 1.66. The van der Waals surface area contributed by atoms with Crippen LogP contribution in [0, 0.1) is 5.92 Å². The Morgan fingerprint density at radius 3 is 2.71 bits per heavy atom. The molecule has 0 N–H and O–H groups in total. The van der Waals surface area contributed by atoms with Gasteiger partial charge in [-0.1, -0.05) is 62.6 Å². The molecule has 0 nitrogen and oxygen atoms in total. The molecule has 2 atom stereocenters. The van der Waals surface area contributed by atoms with E-state index in [0.717, 1.165) is 11.7 Å². The first-order valence-corrected chi connectivity index (χ1v) is 7.08. The van der Waals surface area contributed by atoms with E-state index in [1.807, 2.05) is 0 Å². The molecule has 94 valence electrons. The number of hydrogen-bond acceptors (Lipinski definition) is 0. The normalized spacial score (nSPS) is 26.6. The average molecular weight is 230 g/mol. The molecule has 0 aromatic rings. The van der Waals surface area contributed by atoms with Gasteiger partial charge in [-0.3, -0.25) is 0 Å². The van der Waals surface area contributed by atoms with Crippen molar-refractivity contribution in [2.45, 2.75) is 59.1 Å². The van der Waals surface area contributed by atoms with Gasteiger partial charge < -0.3 is 0 Å². The second-order valence-corrected chi connectivity index (χ2v) is 5.52. The quantitative estimate of drug-likeness (QED) is 0.475. The summed E-state index contributed by atoms with van der Waals surface area (Å²) in [6, 6.07) is 0. The molecule has 1 fully saturated rings. The second kappa shape index (κ2) is 6.88. The Morgan fingerprint density at radius 1 is 1.41 bits per heavy atom. The zero-order valence-corrected chi connectivity index (χ0v) is 12.1. The van der Waals surface area contributed by atoms with Gasteiger partial charge in [-0.25, -0.2) is 0 Å². The zero-order chi connectivity index (χ0) is 12.8. The van der Waals surface area contributed by atoms with Crippen molar-refractivity contribution in [2.24, 2.45) is 5.92 Å². The second-order valence-electron chi connectivity index (χ2n) is 5.52. The van der Waals surface area contributed by atoms with Gasteiger partial charge in [0, 0.05) is 0 Å². The average Bonchev–Trinajstić information content (AvgIpc) is 2.37. The van der Waals surface area contributed by atoms with E-state index in [1.165, 1.54) is 49.6 Å². The Balaban J connectivity index is 2.66. The first-order chi connectivity index (χ1) is 8.08. The van der Waals surface area contributed by atoms with Crippen LogP contribution in [-0.2, 0) is 0 Å². The molecular formula is C16H27B. The Bertz CT molecular complexity index is 322. The van der Waals surface area contributed by atoms with Crippen LogP contribution < -0.4 is 0 Å². The van der Waals surface area contributed by atoms with Crippen LogP contribution in [0.15, 0.2) is 35.5 Å². The molecule has 0 saturated carbocycles. The molecule has 0 spiro atoms. The molecule has 0 amide bonds. The maximum absolute atomic E-state index is 4.34. The summed E-state index contributed by atoms with van der Waals surface area (Å²) < 4.78 is 0. The van der Waals surface area contributed by atoms with Crippen LogP contribution >= 0.6 is 0 Å². The highest BCUT2D eigenvalue weighted by atomic mass is 14.2. The summed E-state index contributed by atoms with van der Waals surface area (Å²) in [6.07, 6.45) is 9.85. The third kappa shape index (κ3) is 4.22. The first kappa shape index (κ1) is 14.3. The molecule has 1 rings (SSSR count). The van der Waals surface area contributed by atoms with Crippen molar-refractivity contribution in [3.63, 3.8) is 0 Å². The lowest BCUT2D eigenvalue weighted by atomic mass is 9.52. The third-order valence-electron chi connectivity index (χ3n) is 4.26. The van der Waals surface area contributed by atoms with E-state index in [1.54, 1.807) is 0 Å². The summed E-state index contributed by atoms with van der Waals surface area (Å²) in [7, 11) is 1.43. The lowest BCUT2D eigenvalue weighted by Gasteiger charge is -2.29. The van der Waals surface area contributed by atoms with E-state index in [0.29, 0.717) is 0 Å².